The quantitative estimate of drug-likeness (QED) is 0.401. The van der Waals surface area contributed by atoms with Crippen LogP contribution in [0.25, 0.3) is 0 Å². The van der Waals surface area contributed by atoms with Crippen molar-refractivity contribution in [3.05, 3.63) is 53.6 Å². The molecular formula is C21H27NO4S. The van der Waals surface area contributed by atoms with E-state index in [9.17, 15) is 9.90 Å². The Morgan fingerprint density at radius 3 is 2.33 bits per heavy atom. The topological polar surface area (TPSA) is 81.8 Å². The number of aliphatic hydroxyl groups excluding tert-OH is 1. The number of hydrogen-bond acceptors (Lipinski definition) is 6. The Balaban J connectivity index is 2.40. The van der Waals surface area contributed by atoms with Gasteiger partial charge in [-0.05, 0) is 48.2 Å². The first kappa shape index (κ1) is 21.1. The monoisotopic (exact) mass is 389 g/mol. The van der Waals surface area contributed by atoms with E-state index in [4.69, 9.17) is 15.2 Å². The van der Waals surface area contributed by atoms with Gasteiger partial charge in [0.25, 0.3) is 0 Å². The minimum atomic E-state index is -1.31. The number of thioether (sulfide) groups is 1. The van der Waals surface area contributed by atoms with Gasteiger partial charge in [0, 0.05) is 10.6 Å². The Labute approximate surface area is 164 Å². The second-order valence-electron chi connectivity index (χ2n) is 6.46. The molecule has 2 aromatic rings. The first-order chi connectivity index (χ1) is 12.9. The predicted octanol–water partition coefficient (Wildman–Crippen LogP) is 4.16. The van der Waals surface area contributed by atoms with Crippen molar-refractivity contribution in [2.45, 2.75) is 42.9 Å². The summed E-state index contributed by atoms with van der Waals surface area (Å²) in [6.45, 7) is 6.13. The molecule has 5 nitrogen and oxygen atoms in total. The van der Waals surface area contributed by atoms with Crippen molar-refractivity contribution in [2.75, 3.05) is 19.5 Å². The Morgan fingerprint density at radius 2 is 1.78 bits per heavy atom. The maximum Gasteiger partial charge on any atom is 0.336 e. The van der Waals surface area contributed by atoms with Crippen LogP contribution in [0.1, 0.15) is 43.1 Å². The molecule has 27 heavy (non-hydrogen) atoms. The maximum atomic E-state index is 12.2. The highest BCUT2D eigenvalue weighted by Crippen LogP contribution is 2.42. The fourth-order valence-corrected chi connectivity index (χ4v) is 3.82. The van der Waals surface area contributed by atoms with Gasteiger partial charge in [-0.2, -0.15) is 0 Å². The lowest BCUT2D eigenvalue weighted by atomic mass is 10.0. The number of nitrogens with two attached hydrogens (primary N) is 1. The van der Waals surface area contributed by atoms with Crippen molar-refractivity contribution in [2.24, 2.45) is 0 Å². The summed E-state index contributed by atoms with van der Waals surface area (Å²) in [4.78, 5) is 13.0. The summed E-state index contributed by atoms with van der Waals surface area (Å²) in [5.74, 6) is 0.401. The van der Waals surface area contributed by atoms with Gasteiger partial charge >= 0.3 is 5.97 Å². The highest BCUT2D eigenvalue weighted by atomic mass is 32.2. The predicted molar refractivity (Wildman–Crippen MR) is 109 cm³/mol. The van der Waals surface area contributed by atoms with E-state index in [1.54, 1.807) is 26.2 Å². The number of carbonyl (C=O) groups excluding carboxylic acids is 1. The number of benzene rings is 2. The standard InChI is InChI=1S/C21H27NO4S/c1-5-26-21(24)19(23)20(14-6-9-16(25-4)10-7-14)27-18-12-15(13(2)3)8-11-17(18)22/h6-13,19-20,23H,5,22H2,1-4H3/t19-,20+/m1/s1. The van der Waals surface area contributed by atoms with Gasteiger partial charge in [-0.25, -0.2) is 4.79 Å². The summed E-state index contributed by atoms with van der Waals surface area (Å²) in [5, 5.41) is 10.1. The number of esters is 1. The largest absolute Gasteiger partial charge is 0.497 e. The molecule has 0 saturated carbocycles. The fraction of sp³-hybridized carbons (Fsp3) is 0.381. The zero-order valence-electron chi connectivity index (χ0n) is 16.1. The summed E-state index contributed by atoms with van der Waals surface area (Å²) >= 11 is 1.36. The molecule has 2 rings (SSSR count). The zero-order valence-corrected chi connectivity index (χ0v) is 17.0. The number of methoxy groups -OCH3 is 1. The van der Waals surface area contributed by atoms with E-state index >= 15 is 0 Å². The molecule has 0 amide bonds. The average Bonchev–Trinajstić information content (AvgIpc) is 2.67. The molecule has 0 bridgehead atoms. The highest BCUT2D eigenvalue weighted by molar-refractivity contribution is 7.99. The van der Waals surface area contributed by atoms with Gasteiger partial charge in [-0.3, -0.25) is 0 Å². The SMILES string of the molecule is CCOC(=O)[C@H](O)[C@@H](Sc1cc(C(C)C)ccc1N)c1ccc(OC)cc1. The lowest BCUT2D eigenvalue weighted by Crippen LogP contribution is -2.28. The average molecular weight is 390 g/mol. The number of carbonyl (C=O) groups is 1. The van der Waals surface area contributed by atoms with E-state index in [0.717, 1.165) is 16.0 Å². The maximum absolute atomic E-state index is 12.2. The number of aliphatic hydroxyl groups is 1. The molecule has 0 spiro atoms. The summed E-state index contributed by atoms with van der Waals surface area (Å²) < 4.78 is 10.2. The van der Waals surface area contributed by atoms with E-state index in [0.29, 0.717) is 17.4 Å². The molecule has 0 unspecified atom stereocenters. The van der Waals surface area contributed by atoms with Crippen molar-refractivity contribution >= 4 is 23.4 Å². The fourth-order valence-electron chi connectivity index (χ4n) is 2.61. The van der Waals surface area contributed by atoms with Crippen LogP contribution in [0, 0.1) is 0 Å². The van der Waals surface area contributed by atoms with Gasteiger partial charge in [0.05, 0.1) is 19.0 Å². The van der Waals surface area contributed by atoms with Gasteiger partial charge < -0.3 is 20.3 Å². The third kappa shape index (κ3) is 5.40. The number of ether oxygens (including phenoxy) is 2. The van der Waals surface area contributed by atoms with E-state index in [1.807, 2.05) is 30.3 Å². The van der Waals surface area contributed by atoms with Gasteiger partial charge in [0.15, 0.2) is 6.10 Å². The molecule has 2 aromatic carbocycles. The van der Waals surface area contributed by atoms with Crippen LogP contribution < -0.4 is 10.5 Å². The molecular weight excluding hydrogens is 362 g/mol. The lowest BCUT2D eigenvalue weighted by Gasteiger charge is -2.23. The Kier molecular flexibility index (Phi) is 7.56. The van der Waals surface area contributed by atoms with E-state index < -0.39 is 17.3 Å². The van der Waals surface area contributed by atoms with Crippen LogP contribution in [0.4, 0.5) is 5.69 Å². The molecule has 2 atom stereocenters. The van der Waals surface area contributed by atoms with Crippen molar-refractivity contribution in [3.63, 3.8) is 0 Å². The van der Waals surface area contributed by atoms with Crippen molar-refractivity contribution < 1.29 is 19.4 Å². The summed E-state index contributed by atoms with van der Waals surface area (Å²) in [6, 6.07) is 13.1. The Bertz CT molecular complexity index is 761. The molecule has 0 saturated heterocycles. The lowest BCUT2D eigenvalue weighted by molar-refractivity contribution is -0.153. The second kappa shape index (κ2) is 9.67. The van der Waals surface area contributed by atoms with Crippen molar-refractivity contribution in [3.8, 4) is 5.75 Å². The summed E-state index contributed by atoms with van der Waals surface area (Å²) in [7, 11) is 1.59. The normalized spacial score (nSPS) is 13.3. The van der Waals surface area contributed by atoms with Gasteiger partial charge in [-0.1, -0.05) is 32.0 Å². The van der Waals surface area contributed by atoms with Crippen LogP contribution in [0.5, 0.6) is 5.75 Å². The van der Waals surface area contributed by atoms with Crippen LogP contribution in [0.3, 0.4) is 0 Å². The number of nitrogen functional groups attached to an aromatic ring is 1. The first-order valence-corrected chi connectivity index (χ1v) is 9.80. The molecule has 0 aromatic heterocycles. The van der Waals surface area contributed by atoms with Crippen LogP contribution in [0.15, 0.2) is 47.4 Å². The molecule has 0 aliphatic rings. The molecule has 0 aliphatic carbocycles. The summed E-state index contributed by atoms with van der Waals surface area (Å²) in [5.41, 5.74) is 8.70. The van der Waals surface area contributed by atoms with Crippen LogP contribution in [0.2, 0.25) is 0 Å². The number of rotatable bonds is 8. The molecule has 3 N–H and O–H groups in total. The summed E-state index contributed by atoms with van der Waals surface area (Å²) in [6.07, 6.45) is -1.31. The molecule has 0 aliphatic heterocycles. The molecule has 6 heteroatoms. The first-order valence-electron chi connectivity index (χ1n) is 8.92. The third-order valence-corrected chi connectivity index (χ3v) is 5.61. The van der Waals surface area contributed by atoms with Crippen LogP contribution in [-0.4, -0.2) is 30.9 Å². The van der Waals surface area contributed by atoms with E-state index in [1.165, 1.54) is 11.8 Å². The van der Waals surface area contributed by atoms with Gasteiger partial charge in [-0.15, -0.1) is 11.8 Å². The van der Waals surface area contributed by atoms with Crippen LogP contribution >= 0.6 is 11.8 Å². The van der Waals surface area contributed by atoms with Crippen molar-refractivity contribution in [1.29, 1.82) is 0 Å². The number of hydrogen-bond donors (Lipinski definition) is 2. The Hall–Kier alpha value is -2.18. The van der Waals surface area contributed by atoms with Crippen molar-refractivity contribution in [1.82, 2.24) is 0 Å². The van der Waals surface area contributed by atoms with Gasteiger partial charge in [0.2, 0.25) is 0 Å². The van der Waals surface area contributed by atoms with E-state index in [2.05, 4.69) is 13.8 Å². The van der Waals surface area contributed by atoms with Crippen LogP contribution in [-0.2, 0) is 9.53 Å². The highest BCUT2D eigenvalue weighted by Gasteiger charge is 2.30. The minimum Gasteiger partial charge on any atom is -0.497 e. The smallest absolute Gasteiger partial charge is 0.336 e. The van der Waals surface area contributed by atoms with E-state index in [-0.39, 0.29) is 6.61 Å². The second-order valence-corrected chi connectivity index (χ2v) is 7.64. The molecule has 0 radical (unpaired) electrons. The number of anilines is 1. The third-order valence-electron chi connectivity index (χ3n) is 4.22. The molecule has 146 valence electrons. The molecule has 0 fully saturated rings. The minimum absolute atomic E-state index is 0.209. The van der Waals surface area contributed by atoms with Gasteiger partial charge in [0.1, 0.15) is 5.75 Å². The zero-order chi connectivity index (χ0) is 20.0. The Morgan fingerprint density at radius 1 is 1.15 bits per heavy atom. The molecule has 0 heterocycles.